The van der Waals surface area contributed by atoms with Gasteiger partial charge in [-0.2, -0.15) is 8.78 Å². The molecule has 0 radical (unpaired) electrons. The number of para-hydroxylation sites is 1. The lowest BCUT2D eigenvalue weighted by Gasteiger charge is -2.13. The number of benzene rings is 2. The van der Waals surface area contributed by atoms with Crippen LogP contribution in [0.2, 0.25) is 5.02 Å². The zero-order chi connectivity index (χ0) is 21.6. The Kier molecular flexibility index (Phi) is 7.55. The van der Waals surface area contributed by atoms with E-state index in [0.29, 0.717) is 5.56 Å². The van der Waals surface area contributed by atoms with Gasteiger partial charge in [-0.25, -0.2) is 0 Å². The van der Waals surface area contributed by atoms with Crippen molar-refractivity contribution in [3.05, 3.63) is 58.6 Å². The van der Waals surface area contributed by atoms with Gasteiger partial charge in [0.15, 0.2) is 11.5 Å². The van der Waals surface area contributed by atoms with Crippen LogP contribution in [-0.4, -0.2) is 44.5 Å². The number of anilines is 1. The van der Waals surface area contributed by atoms with Gasteiger partial charge in [-0.05, 0) is 30.3 Å². The summed E-state index contributed by atoms with van der Waals surface area (Å²) in [6, 6.07) is 9.01. The number of methoxy groups -OCH3 is 1. The molecule has 6 nitrogen and oxygen atoms in total. The topological polar surface area (TPSA) is 67.9 Å². The summed E-state index contributed by atoms with van der Waals surface area (Å²) in [5.41, 5.74) is 0.810. The van der Waals surface area contributed by atoms with Crippen LogP contribution in [-0.2, 0) is 4.79 Å². The van der Waals surface area contributed by atoms with Crippen molar-refractivity contribution in [2.45, 2.75) is 6.61 Å². The summed E-state index contributed by atoms with van der Waals surface area (Å²) < 4.78 is 34.9. The molecule has 0 heterocycles. The minimum atomic E-state index is -3.05. The van der Waals surface area contributed by atoms with E-state index in [2.05, 4.69) is 10.1 Å². The average molecular weight is 425 g/mol. The molecule has 0 bridgehead atoms. The quantitative estimate of drug-likeness (QED) is 0.673. The molecule has 29 heavy (non-hydrogen) atoms. The molecule has 0 aliphatic rings. The number of hydrogen-bond acceptors (Lipinski definition) is 4. The molecule has 2 rings (SSSR count). The molecule has 0 aliphatic carbocycles. The van der Waals surface area contributed by atoms with Gasteiger partial charge < -0.3 is 19.7 Å². The molecule has 0 aliphatic heterocycles. The maximum atomic E-state index is 12.7. The van der Waals surface area contributed by atoms with Crippen LogP contribution < -0.4 is 14.8 Å². The molecule has 1 N–H and O–H groups in total. The van der Waals surface area contributed by atoms with Gasteiger partial charge in [-0.1, -0.05) is 23.7 Å². The molecular formula is C20H19ClF2N2O4. The molecule has 0 unspecified atom stereocenters. The fourth-order valence-electron chi connectivity index (χ4n) is 2.39. The standard InChI is InChI=1S/C20H19ClF2N2O4/c1-25(2)19(27)13-7-9-14(21)15(11-13)24-17(26)10-8-12-5-4-6-16(28-3)18(12)29-20(22)23/h4-11,20H,1-3H3,(H,24,26)/b10-8+. The lowest BCUT2D eigenvalue weighted by atomic mass is 10.1. The number of ether oxygens (including phenoxy) is 2. The van der Waals surface area contributed by atoms with E-state index in [1.807, 2.05) is 0 Å². The van der Waals surface area contributed by atoms with E-state index in [4.69, 9.17) is 16.3 Å². The Labute approximate surface area is 171 Å². The van der Waals surface area contributed by atoms with Crippen LogP contribution in [0.3, 0.4) is 0 Å². The van der Waals surface area contributed by atoms with Crippen molar-refractivity contribution in [1.82, 2.24) is 4.90 Å². The first-order valence-corrected chi connectivity index (χ1v) is 8.72. The zero-order valence-electron chi connectivity index (χ0n) is 15.9. The Bertz CT molecular complexity index is 933. The van der Waals surface area contributed by atoms with Crippen molar-refractivity contribution < 1.29 is 27.8 Å². The number of alkyl halides is 2. The molecular weight excluding hydrogens is 406 g/mol. The highest BCUT2D eigenvalue weighted by Crippen LogP contribution is 2.33. The van der Waals surface area contributed by atoms with Crippen LogP contribution in [0, 0.1) is 0 Å². The second-order valence-electron chi connectivity index (χ2n) is 5.97. The van der Waals surface area contributed by atoms with Crippen LogP contribution in [0.25, 0.3) is 6.08 Å². The predicted octanol–water partition coefficient (Wildman–Crippen LogP) is 4.30. The van der Waals surface area contributed by atoms with Crippen LogP contribution in [0.4, 0.5) is 14.5 Å². The van der Waals surface area contributed by atoms with E-state index in [-0.39, 0.29) is 33.7 Å². The number of nitrogens with one attached hydrogen (secondary N) is 1. The number of nitrogens with zero attached hydrogens (tertiary/aromatic N) is 1. The Balaban J connectivity index is 2.23. The van der Waals surface area contributed by atoms with Crippen LogP contribution in [0.1, 0.15) is 15.9 Å². The molecule has 0 atom stereocenters. The number of halogens is 3. The van der Waals surface area contributed by atoms with Gasteiger partial charge in [0.25, 0.3) is 5.91 Å². The molecule has 0 fully saturated rings. The lowest BCUT2D eigenvalue weighted by molar-refractivity contribution is -0.111. The first kappa shape index (κ1) is 22.2. The highest BCUT2D eigenvalue weighted by molar-refractivity contribution is 6.34. The van der Waals surface area contributed by atoms with Gasteiger partial charge in [0, 0.05) is 31.3 Å². The third kappa shape index (κ3) is 5.92. The lowest BCUT2D eigenvalue weighted by Crippen LogP contribution is -2.21. The van der Waals surface area contributed by atoms with E-state index in [1.54, 1.807) is 26.2 Å². The molecule has 9 heteroatoms. The number of rotatable bonds is 7. The molecule has 2 aromatic carbocycles. The Morgan fingerprint density at radius 2 is 1.93 bits per heavy atom. The van der Waals surface area contributed by atoms with Crippen molar-refractivity contribution in [1.29, 1.82) is 0 Å². The van der Waals surface area contributed by atoms with E-state index >= 15 is 0 Å². The summed E-state index contributed by atoms with van der Waals surface area (Å²) in [7, 11) is 4.52. The predicted molar refractivity (Wildman–Crippen MR) is 107 cm³/mol. The summed E-state index contributed by atoms with van der Waals surface area (Å²) in [6.45, 7) is -3.05. The number of amides is 2. The van der Waals surface area contributed by atoms with Crippen molar-refractivity contribution >= 4 is 35.2 Å². The minimum absolute atomic E-state index is 0.103. The maximum absolute atomic E-state index is 12.7. The fraction of sp³-hybridized carbons (Fsp3) is 0.200. The SMILES string of the molecule is COc1cccc(/C=C/C(=O)Nc2cc(C(=O)N(C)C)ccc2Cl)c1OC(F)F. The van der Waals surface area contributed by atoms with Gasteiger partial charge >= 0.3 is 6.61 Å². The van der Waals surface area contributed by atoms with E-state index < -0.39 is 12.5 Å². The highest BCUT2D eigenvalue weighted by Gasteiger charge is 2.15. The largest absolute Gasteiger partial charge is 0.493 e. The first-order valence-electron chi connectivity index (χ1n) is 8.35. The zero-order valence-corrected chi connectivity index (χ0v) is 16.7. The highest BCUT2D eigenvalue weighted by atomic mass is 35.5. The number of hydrogen-bond donors (Lipinski definition) is 1. The molecule has 0 spiro atoms. The van der Waals surface area contributed by atoms with Gasteiger partial charge in [-0.3, -0.25) is 9.59 Å². The third-order valence-corrected chi connectivity index (χ3v) is 4.06. The molecule has 0 saturated carbocycles. The van der Waals surface area contributed by atoms with Crippen molar-refractivity contribution in [2.24, 2.45) is 0 Å². The Morgan fingerprint density at radius 3 is 2.55 bits per heavy atom. The molecule has 154 valence electrons. The van der Waals surface area contributed by atoms with Gasteiger partial charge in [0.2, 0.25) is 5.91 Å². The monoisotopic (exact) mass is 424 g/mol. The van der Waals surface area contributed by atoms with E-state index in [9.17, 15) is 18.4 Å². The second kappa shape index (κ2) is 9.88. The summed E-state index contributed by atoms with van der Waals surface area (Å²) in [4.78, 5) is 25.7. The average Bonchev–Trinajstić information content (AvgIpc) is 2.67. The van der Waals surface area contributed by atoms with Crippen LogP contribution in [0.5, 0.6) is 11.5 Å². The minimum Gasteiger partial charge on any atom is -0.493 e. The number of carbonyl (C=O) groups is 2. The molecule has 0 saturated heterocycles. The number of carbonyl (C=O) groups excluding carboxylic acids is 2. The maximum Gasteiger partial charge on any atom is 0.387 e. The van der Waals surface area contributed by atoms with Gasteiger partial charge in [0.05, 0.1) is 17.8 Å². The van der Waals surface area contributed by atoms with Gasteiger partial charge in [0.1, 0.15) is 0 Å². The van der Waals surface area contributed by atoms with Crippen molar-refractivity contribution in [3.8, 4) is 11.5 Å². The van der Waals surface area contributed by atoms with Crippen molar-refractivity contribution in [2.75, 3.05) is 26.5 Å². The smallest absolute Gasteiger partial charge is 0.387 e. The molecule has 2 amide bonds. The van der Waals surface area contributed by atoms with Gasteiger partial charge in [-0.15, -0.1) is 0 Å². The normalized spacial score (nSPS) is 10.9. The second-order valence-corrected chi connectivity index (χ2v) is 6.38. The fourth-order valence-corrected chi connectivity index (χ4v) is 2.56. The Hall–Kier alpha value is -3.13. The van der Waals surface area contributed by atoms with E-state index in [1.165, 1.54) is 42.4 Å². The molecule has 2 aromatic rings. The first-order chi connectivity index (χ1) is 13.7. The molecule has 0 aromatic heterocycles. The third-order valence-electron chi connectivity index (χ3n) is 3.73. The van der Waals surface area contributed by atoms with Crippen LogP contribution in [0.15, 0.2) is 42.5 Å². The van der Waals surface area contributed by atoms with Crippen LogP contribution >= 0.6 is 11.6 Å². The summed E-state index contributed by atoms with van der Waals surface area (Å²) >= 11 is 6.08. The summed E-state index contributed by atoms with van der Waals surface area (Å²) in [6.07, 6.45) is 2.43. The van der Waals surface area contributed by atoms with E-state index in [0.717, 1.165) is 6.08 Å². The van der Waals surface area contributed by atoms with Crippen molar-refractivity contribution in [3.63, 3.8) is 0 Å². The summed E-state index contributed by atoms with van der Waals surface area (Å²) in [5, 5.41) is 2.80. The Morgan fingerprint density at radius 1 is 1.21 bits per heavy atom. The summed E-state index contributed by atoms with van der Waals surface area (Å²) in [5.74, 6) is -0.915.